The van der Waals surface area contributed by atoms with Crippen molar-refractivity contribution in [2.45, 2.75) is 38.2 Å². The van der Waals surface area contributed by atoms with Gasteiger partial charge in [0.25, 0.3) is 0 Å². The van der Waals surface area contributed by atoms with E-state index < -0.39 is 0 Å². The molecule has 3 atom stereocenters. The summed E-state index contributed by atoms with van der Waals surface area (Å²) in [5, 5.41) is 9.68. The second-order valence-corrected chi connectivity index (χ2v) is 3.85. The Balaban J connectivity index is 2.09. The van der Waals surface area contributed by atoms with E-state index in [1.807, 2.05) is 6.92 Å². The van der Waals surface area contributed by atoms with Gasteiger partial charge < -0.3 is 5.11 Å². The molecule has 0 aromatic heterocycles. The van der Waals surface area contributed by atoms with Crippen LogP contribution in [0.1, 0.15) is 32.6 Å². The maximum absolute atomic E-state index is 9.68. The molecule has 1 heteroatoms. The minimum atomic E-state index is -0.289. The van der Waals surface area contributed by atoms with Crippen molar-refractivity contribution in [2.24, 2.45) is 11.8 Å². The van der Waals surface area contributed by atoms with Gasteiger partial charge in [0.05, 0.1) is 5.60 Å². The summed E-state index contributed by atoms with van der Waals surface area (Å²) >= 11 is 0. The summed E-state index contributed by atoms with van der Waals surface area (Å²) < 4.78 is 0. The number of rotatable bonds is 0. The lowest BCUT2D eigenvalue weighted by molar-refractivity contribution is 0.00747. The van der Waals surface area contributed by atoms with E-state index in [9.17, 15) is 5.11 Å². The van der Waals surface area contributed by atoms with Gasteiger partial charge in [0.2, 0.25) is 0 Å². The molecule has 1 N–H and O–H groups in total. The molecule has 0 heterocycles. The Morgan fingerprint density at radius 2 is 2.33 bits per heavy atom. The Kier molecular flexibility index (Phi) is 0.963. The topological polar surface area (TPSA) is 20.2 Å². The van der Waals surface area contributed by atoms with Crippen molar-refractivity contribution < 1.29 is 5.11 Å². The summed E-state index contributed by atoms with van der Waals surface area (Å²) in [7, 11) is 0. The Labute approximate surface area is 56.1 Å². The maximum atomic E-state index is 9.68. The Bertz CT molecular complexity index is 129. The lowest BCUT2D eigenvalue weighted by atomic mass is 9.86. The van der Waals surface area contributed by atoms with Gasteiger partial charge in [0.1, 0.15) is 0 Å². The van der Waals surface area contributed by atoms with Gasteiger partial charge in [-0.05, 0) is 38.0 Å². The maximum Gasteiger partial charge on any atom is 0.0650 e. The molecule has 2 aliphatic carbocycles. The van der Waals surface area contributed by atoms with Crippen molar-refractivity contribution >= 4 is 0 Å². The third kappa shape index (κ3) is 0.787. The molecule has 0 aromatic rings. The van der Waals surface area contributed by atoms with Crippen molar-refractivity contribution in [3.63, 3.8) is 0 Å². The molecular formula is C8H14O. The summed E-state index contributed by atoms with van der Waals surface area (Å²) in [4.78, 5) is 0. The van der Waals surface area contributed by atoms with Crippen molar-refractivity contribution in [3.05, 3.63) is 0 Å². The van der Waals surface area contributed by atoms with Gasteiger partial charge >= 0.3 is 0 Å². The van der Waals surface area contributed by atoms with Crippen LogP contribution in [0, 0.1) is 11.8 Å². The lowest BCUT2D eigenvalue weighted by Gasteiger charge is -2.27. The minimum Gasteiger partial charge on any atom is -0.390 e. The van der Waals surface area contributed by atoms with Gasteiger partial charge in [-0.1, -0.05) is 6.42 Å². The van der Waals surface area contributed by atoms with Crippen molar-refractivity contribution in [1.82, 2.24) is 0 Å². The van der Waals surface area contributed by atoms with Crippen LogP contribution >= 0.6 is 0 Å². The number of hydrogen-bond acceptors (Lipinski definition) is 1. The highest BCUT2D eigenvalue weighted by Crippen LogP contribution is 2.54. The molecule has 0 aliphatic heterocycles. The number of fused-ring (bicyclic) bond motifs is 1. The first-order valence-electron chi connectivity index (χ1n) is 3.92. The standard InChI is InChI=1S/C8H14O/c1-8(9)4-2-3-6-5-7(6)8/h6-7,9H,2-5H2,1H3. The van der Waals surface area contributed by atoms with Crippen molar-refractivity contribution in [2.75, 3.05) is 0 Å². The van der Waals surface area contributed by atoms with Crippen LogP contribution < -0.4 is 0 Å². The molecule has 0 aromatic carbocycles. The molecule has 52 valence electrons. The highest BCUT2D eigenvalue weighted by molar-refractivity contribution is 5.01. The fraction of sp³-hybridized carbons (Fsp3) is 1.00. The van der Waals surface area contributed by atoms with E-state index in [2.05, 4.69) is 0 Å². The molecule has 1 nitrogen and oxygen atoms in total. The predicted molar refractivity (Wildman–Crippen MR) is 36.1 cm³/mol. The van der Waals surface area contributed by atoms with Crippen LogP contribution in [-0.2, 0) is 0 Å². The van der Waals surface area contributed by atoms with Gasteiger partial charge in [-0.25, -0.2) is 0 Å². The van der Waals surface area contributed by atoms with E-state index in [1.165, 1.54) is 19.3 Å². The Morgan fingerprint density at radius 3 is 2.89 bits per heavy atom. The third-order valence-corrected chi connectivity index (χ3v) is 2.98. The Hall–Kier alpha value is -0.0400. The first-order valence-corrected chi connectivity index (χ1v) is 3.92. The van der Waals surface area contributed by atoms with Gasteiger partial charge in [-0.2, -0.15) is 0 Å². The molecule has 2 aliphatic rings. The van der Waals surface area contributed by atoms with Gasteiger partial charge in [0.15, 0.2) is 0 Å². The molecule has 0 saturated heterocycles. The molecule has 3 unspecified atom stereocenters. The van der Waals surface area contributed by atoms with E-state index >= 15 is 0 Å². The van der Waals surface area contributed by atoms with Crippen molar-refractivity contribution in [1.29, 1.82) is 0 Å². The molecule has 2 fully saturated rings. The zero-order valence-electron chi connectivity index (χ0n) is 5.93. The second kappa shape index (κ2) is 1.51. The second-order valence-electron chi connectivity index (χ2n) is 3.85. The van der Waals surface area contributed by atoms with E-state index in [0.717, 1.165) is 12.3 Å². The van der Waals surface area contributed by atoms with E-state index in [1.54, 1.807) is 0 Å². The monoisotopic (exact) mass is 126 g/mol. The summed E-state index contributed by atoms with van der Waals surface area (Å²) in [6.45, 7) is 2.00. The van der Waals surface area contributed by atoms with Crippen LogP contribution in [0.2, 0.25) is 0 Å². The SMILES string of the molecule is CC1(O)CCCC2CC21. The number of hydrogen-bond donors (Lipinski definition) is 1. The fourth-order valence-electron chi connectivity index (χ4n) is 2.24. The highest BCUT2D eigenvalue weighted by atomic mass is 16.3. The van der Waals surface area contributed by atoms with Crippen molar-refractivity contribution in [3.8, 4) is 0 Å². The Morgan fingerprint density at radius 1 is 1.56 bits per heavy atom. The van der Waals surface area contributed by atoms with Crippen LogP contribution in [0.3, 0.4) is 0 Å². The van der Waals surface area contributed by atoms with E-state index in [0.29, 0.717) is 5.92 Å². The predicted octanol–water partition coefficient (Wildman–Crippen LogP) is 1.56. The fourth-order valence-corrected chi connectivity index (χ4v) is 2.24. The smallest absolute Gasteiger partial charge is 0.0650 e. The molecule has 0 spiro atoms. The van der Waals surface area contributed by atoms with Gasteiger partial charge in [0, 0.05) is 0 Å². The zero-order valence-corrected chi connectivity index (χ0v) is 5.93. The van der Waals surface area contributed by atoms with Crippen LogP contribution in [-0.4, -0.2) is 10.7 Å². The minimum absolute atomic E-state index is 0.289. The van der Waals surface area contributed by atoms with Gasteiger partial charge in [-0.15, -0.1) is 0 Å². The average Bonchev–Trinajstić information content (AvgIpc) is 2.43. The molecule has 2 rings (SSSR count). The molecular weight excluding hydrogens is 112 g/mol. The lowest BCUT2D eigenvalue weighted by Crippen LogP contribution is -2.30. The molecule has 0 amide bonds. The van der Waals surface area contributed by atoms with Crippen LogP contribution in [0.4, 0.5) is 0 Å². The molecule has 0 radical (unpaired) electrons. The normalized spacial score (nSPS) is 56.7. The summed E-state index contributed by atoms with van der Waals surface area (Å²) in [5.74, 6) is 1.57. The van der Waals surface area contributed by atoms with E-state index in [-0.39, 0.29) is 5.60 Å². The molecule has 9 heavy (non-hydrogen) atoms. The zero-order chi connectivity index (χ0) is 6.48. The molecule has 2 saturated carbocycles. The van der Waals surface area contributed by atoms with Crippen LogP contribution in [0.15, 0.2) is 0 Å². The van der Waals surface area contributed by atoms with E-state index in [4.69, 9.17) is 0 Å². The quantitative estimate of drug-likeness (QED) is 0.522. The van der Waals surface area contributed by atoms with Crippen LogP contribution in [0.25, 0.3) is 0 Å². The largest absolute Gasteiger partial charge is 0.390 e. The first kappa shape index (κ1) is 5.72. The van der Waals surface area contributed by atoms with Crippen LogP contribution in [0.5, 0.6) is 0 Å². The third-order valence-electron chi connectivity index (χ3n) is 2.98. The first-order chi connectivity index (χ1) is 4.20. The summed E-state index contributed by atoms with van der Waals surface area (Å²) in [6, 6.07) is 0. The number of aliphatic hydroxyl groups is 1. The molecule has 0 bridgehead atoms. The highest BCUT2D eigenvalue weighted by Gasteiger charge is 2.51. The summed E-state index contributed by atoms with van der Waals surface area (Å²) in [5.41, 5.74) is -0.289. The summed E-state index contributed by atoms with van der Waals surface area (Å²) in [6.07, 6.45) is 4.95. The average molecular weight is 126 g/mol. The van der Waals surface area contributed by atoms with Gasteiger partial charge in [-0.3, -0.25) is 0 Å².